The van der Waals surface area contributed by atoms with Crippen molar-refractivity contribution in [2.45, 2.75) is 32.2 Å². The molecule has 0 bridgehead atoms. The molecule has 0 aromatic carbocycles. The van der Waals surface area contributed by atoms with Crippen LogP contribution in [0, 0.1) is 0 Å². The van der Waals surface area contributed by atoms with Crippen molar-refractivity contribution in [3.05, 3.63) is 0 Å². The summed E-state index contributed by atoms with van der Waals surface area (Å²) in [7, 11) is 0. The molecule has 2 atom stereocenters. The summed E-state index contributed by atoms with van der Waals surface area (Å²) in [6.07, 6.45) is -5.54. The first-order chi connectivity index (χ1) is 9.29. The summed E-state index contributed by atoms with van der Waals surface area (Å²) in [4.78, 5) is 13.8. The number of carbonyl (C=O) groups is 1. The molecule has 0 aliphatic carbocycles. The van der Waals surface area contributed by atoms with Crippen molar-refractivity contribution >= 4 is 5.91 Å². The molecule has 1 fully saturated rings. The number of ether oxygens (including phenoxy) is 2. The van der Waals surface area contributed by atoms with Crippen molar-refractivity contribution in [2.75, 3.05) is 39.5 Å². The van der Waals surface area contributed by atoms with Gasteiger partial charge in [0, 0.05) is 25.7 Å². The summed E-state index contributed by atoms with van der Waals surface area (Å²) in [6, 6.07) is 0.109. The average molecular weight is 298 g/mol. The number of carbonyl (C=O) groups excluding carboxylic acids is 1. The van der Waals surface area contributed by atoms with Gasteiger partial charge < -0.3 is 14.8 Å². The van der Waals surface area contributed by atoms with E-state index < -0.39 is 24.8 Å². The summed E-state index contributed by atoms with van der Waals surface area (Å²) in [6.45, 7) is 5.10. The zero-order valence-electron chi connectivity index (χ0n) is 11.7. The Balaban J connectivity index is 2.24. The Bertz CT molecular complexity index is 307. The van der Waals surface area contributed by atoms with Crippen LogP contribution in [0.4, 0.5) is 13.2 Å². The number of halogens is 3. The van der Waals surface area contributed by atoms with Gasteiger partial charge in [0.2, 0.25) is 5.91 Å². The normalized spacial score (nSPS) is 20.4. The Labute approximate surface area is 116 Å². The maximum Gasteiger partial charge on any atom is 0.411 e. The molecule has 1 rings (SSSR count). The van der Waals surface area contributed by atoms with Crippen LogP contribution in [-0.2, 0) is 14.3 Å². The first kappa shape index (κ1) is 17.2. The van der Waals surface area contributed by atoms with Gasteiger partial charge in [-0.2, -0.15) is 13.2 Å². The van der Waals surface area contributed by atoms with E-state index in [1.807, 2.05) is 6.92 Å². The molecule has 0 radical (unpaired) electrons. The van der Waals surface area contributed by atoms with Crippen LogP contribution in [0.25, 0.3) is 0 Å². The SMILES string of the molecule is C[C@@H](OCC(F)(F)F)C(=O)NC[C@H](C)N1CCOCC1. The molecule has 0 aromatic heterocycles. The number of hydrogen-bond acceptors (Lipinski definition) is 4. The second-order valence-electron chi connectivity index (χ2n) is 4.81. The zero-order valence-corrected chi connectivity index (χ0v) is 11.7. The van der Waals surface area contributed by atoms with Gasteiger partial charge in [-0.3, -0.25) is 9.69 Å². The van der Waals surface area contributed by atoms with Crippen LogP contribution in [0.2, 0.25) is 0 Å². The highest BCUT2D eigenvalue weighted by molar-refractivity contribution is 5.80. The number of alkyl halides is 3. The summed E-state index contributed by atoms with van der Waals surface area (Å²) in [5.74, 6) is -0.533. The summed E-state index contributed by atoms with van der Waals surface area (Å²) in [5.41, 5.74) is 0. The fourth-order valence-corrected chi connectivity index (χ4v) is 1.83. The Morgan fingerprint density at radius 3 is 2.50 bits per heavy atom. The predicted molar refractivity (Wildman–Crippen MR) is 66.3 cm³/mol. The van der Waals surface area contributed by atoms with Crippen LogP contribution in [0.5, 0.6) is 0 Å². The molecule has 0 aromatic rings. The molecule has 8 heteroatoms. The number of nitrogens with one attached hydrogen (secondary N) is 1. The molecule has 0 unspecified atom stereocenters. The standard InChI is InChI=1S/C12H21F3N2O3/c1-9(17-3-5-19-6-4-17)7-16-11(18)10(2)20-8-12(13,14)15/h9-10H,3-8H2,1-2H3,(H,16,18)/t9-,10+/m0/s1. The number of rotatable bonds is 6. The van der Waals surface area contributed by atoms with Crippen molar-refractivity contribution < 1.29 is 27.4 Å². The highest BCUT2D eigenvalue weighted by atomic mass is 19.4. The van der Waals surface area contributed by atoms with Gasteiger partial charge >= 0.3 is 6.18 Å². The van der Waals surface area contributed by atoms with Crippen LogP contribution in [0.1, 0.15) is 13.8 Å². The van der Waals surface area contributed by atoms with Gasteiger partial charge in [0.15, 0.2) is 0 Å². The van der Waals surface area contributed by atoms with E-state index in [9.17, 15) is 18.0 Å². The van der Waals surface area contributed by atoms with Crippen molar-refractivity contribution in [1.29, 1.82) is 0 Å². The van der Waals surface area contributed by atoms with E-state index in [0.717, 1.165) is 13.1 Å². The second kappa shape index (κ2) is 7.80. The first-order valence-electron chi connectivity index (χ1n) is 6.57. The molecule has 1 N–H and O–H groups in total. The lowest BCUT2D eigenvalue weighted by Gasteiger charge is -2.32. The molecule has 1 saturated heterocycles. The number of morpholine rings is 1. The molecular weight excluding hydrogens is 277 g/mol. The van der Waals surface area contributed by atoms with Crippen molar-refractivity contribution in [3.8, 4) is 0 Å². The minimum atomic E-state index is -4.42. The van der Waals surface area contributed by atoms with Gasteiger partial charge in [-0.05, 0) is 13.8 Å². The van der Waals surface area contributed by atoms with Gasteiger partial charge in [-0.1, -0.05) is 0 Å². The Morgan fingerprint density at radius 1 is 1.35 bits per heavy atom. The van der Waals surface area contributed by atoms with E-state index in [1.165, 1.54) is 6.92 Å². The van der Waals surface area contributed by atoms with Crippen LogP contribution in [0.15, 0.2) is 0 Å². The highest BCUT2D eigenvalue weighted by Gasteiger charge is 2.30. The van der Waals surface area contributed by atoms with E-state index in [4.69, 9.17) is 4.74 Å². The Morgan fingerprint density at radius 2 is 1.95 bits per heavy atom. The van der Waals surface area contributed by atoms with E-state index in [0.29, 0.717) is 19.8 Å². The highest BCUT2D eigenvalue weighted by Crippen LogP contribution is 2.15. The molecule has 1 amide bonds. The van der Waals surface area contributed by atoms with E-state index in [-0.39, 0.29) is 6.04 Å². The minimum Gasteiger partial charge on any atom is -0.379 e. The third-order valence-electron chi connectivity index (χ3n) is 3.11. The topological polar surface area (TPSA) is 50.8 Å². The van der Waals surface area contributed by atoms with Gasteiger partial charge in [0.1, 0.15) is 12.7 Å². The van der Waals surface area contributed by atoms with Gasteiger partial charge in [0.25, 0.3) is 0 Å². The molecular formula is C12H21F3N2O3. The smallest absolute Gasteiger partial charge is 0.379 e. The van der Waals surface area contributed by atoms with Gasteiger partial charge in [-0.15, -0.1) is 0 Å². The van der Waals surface area contributed by atoms with E-state index >= 15 is 0 Å². The Kier molecular flexibility index (Phi) is 6.70. The fraction of sp³-hybridized carbons (Fsp3) is 0.917. The fourth-order valence-electron chi connectivity index (χ4n) is 1.83. The van der Waals surface area contributed by atoms with Crippen molar-refractivity contribution in [3.63, 3.8) is 0 Å². The minimum absolute atomic E-state index is 0.109. The average Bonchev–Trinajstić information content (AvgIpc) is 2.41. The third-order valence-corrected chi connectivity index (χ3v) is 3.11. The van der Waals surface area contributed by atoms with Crippen LogP contribution >= 0.6 is 0 Å². The first-order valence-corrected chi connectivity index (χ1v) is 6.57. The molecule has 0 saturated carbocycles. The van der Waals surface area contributed by atoms with Gasteiger partial charge in [-0.25, -0.2) is 0 Å². The maximum atomic E-state index is 12.0. The van der Waals surface area contributed by atoms with Crippen molar-refractivity contribution in [2.24, 2.45) is 0 Å². The maximum absolute atomic E-state index is 12.0. The number of hydrogen-bond donors (Lipinski definition) is 1. The molecule has 118 valence electrons. The van der Waals surface area contributed by atoms with Crippen LogP contribution in [0.3, 0.4) is 0 Å². The predicted octanol–water partition coefficient (Wildman–Crippen LogP) is 0.791. The molecule has 5 nitrogen and oxygen atoms in total. The molecule has 1 aliphatic rings. The lowest BCUT2D eigenvalue weighted by molar-refractivity contribution is -0.185. The Hall–Kier alpha value is -0.860. The monoisotopic (exact) mass is 298 g/mol. The van der Waals surface area contributed by atoms with Gasteiger partial charge in [0.05, 0.1) is 13.2 Å². The zero-order chi connectivity index (χ0) is 15.2. The molecule has 1 heterocycles. The lowest BCUT2D eigenvalue weighted by atomic mass is 10.2. The van der Waals surface area contributed by atoms with E-state index in [1.54, 1.807) is 0 Å². The van der Waals surface area contributed by atoms with Crippen molar-refractivity contribution in [1.82, 2.24) is 10.2 Å². The largest absolute Gasteiger partial charge is 0.411 e. The lowest BCUT2D eigenvalue weighted by Crippen LogP contribution is -2.48. The third kappa shape index (κ3) is 6.53. The number of nitrogens with zero attached hydrogens (tertiary/aromatic N) is 1. The second-order valence-corrected chi connectivity index (χ2v) is 4.81. The molecule has 0 spiro atoms. The quantitative estimate of drug-likeness (QED) is 0.788. The molecule has 1 aliphatic heterocycles. The van der Waals surface area contributed by atoms with Crippen LogP contribution in [-0.4, -0.2) is 68.6 Å². The van der Waals surface area contributed by atoms with E-state index in [2.05, 4.69) is 15.0 Å². The number of amides is 1. The summed E-state index contributed by atoms with van der Waals surface area (Å²) in [5, 5.41) is 2.60. The van der Waals surface area contributed by atoms with Crippen LogP contribution < -0.4 is 5.32 Å². The molecule has 20 heavy (non-hydrogen) atoms. The summed E-state index contributed by atoms with van der Waals surface area (Å²) < 4.78 is 45.6. The summed E-state index contributed by atoms with van der Waals surface area (Å²) >= 11 is 0.